The van der Waals surface area contributed by atoms with Crippen LogP contribution in [0.4, 0.5) is 5.00 Å². The highest BCUT2D eigenvalue weighted by molar-refractivity contribution is 7.17. The van der Waals surface area contributed by atoms with Crippen LogP contribution in [0.2, 0.25) is 0 Å². The molecule has 0 spiro atoms. The molecule has 3 aromatic rings. The SMILES string of the molecule is Cc1c(C(=O)N/N=C\c2ccc(N3CCCCC3)s2)oc2ccccc12. The van der Waals surface area contributed by atoms with Crippen LogP contribution in [-0.2, 0) is 0 Å². The zero-order valence-electron chi connectivity index (χ0n) is 14.7. The third kappa shape index (κ3) is 3.37. The molecule has 26 heavy (non-hydrogen) atoms. The molecule has 2 aromatic heterocycles. The molecule has 0 radical (unpaired) electrons. The fourth-order valence-corrected chi connectivity index (χ4v) is 4.22. The van der Waals surface area contributed by atoms with Gasteiger partial charge in [-0.15, -0.1) is 11.3 Å². The first-order valence-electron chi connectivity index (χ1n) is 8.89. The Bertz CT molecular complexity index is 951. The summed E-state index contributed by atoms with van der Waals surface area (Å²) >= 11 is 1.70. The zero-order chi connectivity index (χ0) is 17.9. The zero-order valence-corrected chi connectivity index (χ0v) is 15.5. The van der Waals surface area contributed by atoms with Crippen molar-refractivity contribution in [1.82, 2.24) is 5.43 Å². The summed E-state index contributed by atoms with van der Waals surface area (Å²) in [4.78, 5) is 15.8. The van der Waals surface area contributed by atoms with E-state index in [1.54, 1.807) is 17.6 Å². The van der Waals surface area contributed by atoms with Crippen molar-refractivity contribution >= 4 is 39.4 Å². The van der Waals surface area contributed by atoms with E-state index in [0.717, 1.165) is 28.9 Å². The number of carbonyl (C=O) groups excluding carboxylic acids is 1. The van der Waals surface area contributed by atoms with E-state index in [2.05, 4.69) is 21.5 Å². The van der Waals surface area contributed by atoms with E-state index >= 15 is 0 Å². The fourth-order valence-electron chi connectivity index (χ4n) is 3.29. The summed E-state index contributed by atoms with van der Waals surface area (Å²) in [6.45, 7) is 4.13. The van der Waals surface area contributed by atoms with E-state index in [0.29, 0.717) is 11.3 Å². The lowest BCUT2D eigenvalue weighted by molar-refractivity contribution is 0.0929. The van der Waals surface area contributed by atoms with Crippen molar-refractivity contribution in [3.05, 3.63) is 52.6 Å². The normalized spacial score (nSPS) is 15.0. The highest BCUT2D eigenvalue weighted by atomic mass is 32.1. The number of piperidine rings is 1. The maximum Gasteiger partial charge on any atom is 0.307 e. The molecule has 6 heteroatoms. The number of fused-ring (bicyclic) bond motifs is 1. The molecule has 3 heterocycles. The van der Waals surface area contributed by atoms with Gasteiger partial charge in [-0.25, -0.2) is 5.43 Å². The molecule has 1 aromatic carbocycles. The van der Waals surface area contributed by atoms with Gasteiger partial charge in [0.25, 0.3) is 0 Å². The topological polar surface area (TPSA) is 57.8 Å². The number of hydrogen-bond acceptors (Lipinski definition) is 5. The minimum atomic E-state index is -0.331. The molecule has 0 unspecified atom stereocenters. The average molecular weight is 367 g/mol. The van der Waals surface area contributed by atoms with Gasteiger partial charge in [-0.3, -0.25) is 4.79 Å². The summed E-state index contributed by atoms with van der Waals surface area (Å²) in [7, 11) is 0. The van der Waals surface area contributed by atoms with Crippen molar-refractivity contribution in [2.45, 2.75) is 26.2 Å². The van der Waals surface area contributed by atoms with Crippen LogP contribution in [0, 0.1) is 6.92 Å². The third-order valence-electron chi connectivity index (χ3n) is 4.69. The Labute approximate surface area is 156 Å². The molecule has 1 aliphatic rings. The quantitative estimate of drug-likeness (QED) is 0.543. The second-order valence-corrected chi connectivity index (χ2v) is 7.57. The molecule has 1 N–H and O–H groups in total. The second kappa shape index (κ2) is 7.33. The monoisotopic (exact) mass is 367 g/mol. The van der Waals surface area contributed by atoms with Crippen molar-refractivity contribution in [2.75, 3.05) is 18.0 Å². The highest BCUT2D eigenvalue weighted by Gasteiger charge is 2.17. The number of nitrogens with zero attached hydrogens (tertiary/aromatic N) is 2. The van der Waals surface area contributed by atoms with Gasteiger partial charge in [0.1, 0.15) is 5.58 Å². The summed E-state index contributed by atoms with van der Waals surface area (Å²) in [6, 6.07) is 11.8. The molecule has 1 fully saturated rings. The van der Waals surface area contributed by atoms with Crippen LogP contribution in [-0.4, -0.2) is 25.2 Å². The van der Waals surface area contributed by atoms with E-state index < -0.39 is 0 Å². The molecule has 0 saturated carbocycles. The number of carbonyl (C=O) groups is 1. The van der Waals surface area contributed by atoms with Crippen LogP contribution in [0.1, 0.15) is 40.3 Å². The van der Waals surface area contributed by atoms with Crippen LogP contribution in [0.5, 0.6) is 0 Å². The number of benzene rings is 1. The Morgan fingerprint density at radius 2 is 2.00 bits per heavy atom. The number of anilines is 1. The Morgan fingerprint density at radius 1 is 1.19 bits per heavy atom. The van der Waals surface area contributed by atoms with Crippen LogP contribution in [0.3, 0.4) is 0 Å². The third-order valence-corrected chi connectivity index (χ3v) is 5.77. The Balaban J connectivity index is 1.42. The Hall–Kier alpha value is -2.60. The molecule has 134 valence electrons. The number of hydrazone groups is 1. The van der Waals surface area contributed by atoms with E-state index in [9.17, 15) is 4.79 Å². The first-order chi connectivity index (χ1) is 12.7. The van der Waals surface area contributed by atoms with Crippen LogP contribution < -0.4 is 10.3 Å². The van der Waals surface area contributed by atoms with Crippen molar-refractivity contribution in [2.24, 2.45) is 5.10 Å². The molecule has 1 amide bonds. The van der Waals surface area contributed by atoms with Crippen molar-refractivity contribution in [3.8, 4) is 0 Å². The highest BCUT2D eigenvalue weighted by Crippen LogP contribution is 2.28. The number of aryl methyl sites for hydroxylation is 1. The fraction of sp³-hybridized carbons (Fsp3) is 0.300. The van der Waals surface area contributed by atoms with Crippen molar-refractivity contribution < 1.29 is 9.21 Å². The Kier molecular flexibility index (Phi) is 4.75. The van der Waals surface area contributed by atoms with Gasteiger partial charge in [0.05, 0.1) is 11.2 Å². The van der Waals surface area contributed by atoms with Crippen LogP contribution in [0.15, 0.2) is 45.9 Å². The molecule has 0 atom stereocenters. The summed E-state index contributed by atoms with van der Waals surface area (Å²) in [5, 5.41) is 6.31. The van der Waals surface area contributed by atoms with E-state index in [1.807, 2.05) is 37.3 Å². The van der Waals surface area contributed by atoms with Gasteiger partial charge in [-0.05, 0) is 44.4 Å². The molecule has 4 rings (SSSR count). The predicted octanol–water partition coefficient (Wildman–Crippen LogP) is 4.56. The van der Waals surface area contributed by atoms with Gasteiger partial charge in [-0.1, -0.05) is 18.2 Å². The molecule has 0 aliphatic carbocycles. The molecule has 1 saturated heterocycles. The number of rotatable bonds is 4. The number of furan rings is 1. The average Bonchev–Trinajstić information content (AvgIpc) is 3.28. The van der Waals surface area contributed by atoms with Crippen LogP contribution in [0.25, 0.3) is 11.0 Å². The molecule has 1 aliphatic heterocycles. The van der Waals surface area contributed by atoms with Gasteiger partial charge in [0.15, 0.2) is 5.76 Å². The van der Waals surface area contributed by atoms with E-state index in [4.69, 9.17) is 4.42 Å². The maximum absolute atomic E-state index is 12.4. The number of amides is 1. The molecular weight excluding hydrogens is 346 g/mol. The Morgan fingerprint density at radius 3 is 2.81 bits per heavy atom. The lowest BCUT2D eigenvalue weighted by Gasteiger charge is -2.27. The smallest absolute Gasteiger partial charge is 0.307 e. The lowest BCUT2D eigenvalue weighted by atomic mass is 10.1. The van der Waals surface area contributed by atoms with E-state index in [-0.39, 0.29) is 5.91 Å². The largest absolute Gasteiger partial charge is 0.451 e. The van der Waals surface area contributed by atoms with Crippen molar-refractivity contribution in [1.29, 1.82) is 0 Å². The number of hydrogen-bond donors (Lipinski definition) is 1. The molecule has 5 nitrogen and oxygen atoms in total. The van der Waals surface area contributed by atoms with Gasteiger partial charge < -0.3 is 9.32 Å². The number of nitrogens with one attached hydrogen (secondary N) is 1. The maximum atomic E-state index is 12.4. The van der Waals surface area contributed by atoms with Crippen LogP contribution >= 0.6 is 11.3 Å². The van der Waals surface area contributed by atoms with Gasteiger partial charge in [0, 0.05) is 28.9 Å². The second-order valence-electron chi connectivity index (χ2n) is 6.48. The first kappa shape index (κ1) is 16.8. The van der Waals surface area contributed by atoms with Gasteiger partial charge >= 0.3 is 5.91 Å². The summed E-state index contributed by atoms with van der Waals surface area (Å²) < 4.78 is 5.66. The first-order valence-corrected chi connectivity index (χ1v) is 9.70. The summed E-state index contributed by atoms with van der Waals surface area (Å²) in [5.41, 5.74) is 4.11. The minimum absolute atomic E-state index is 0.309. The standard InChI is InChI=1S/C20H21N3O2S/c1-14-16-7-3-4-8-17(16)25-19(14)20(24)22-21-13-15-9-10-18(26-15)23-11-5-2-6-12-23/h3-4,7-10,13H,2,5-6,11-12H2,1H3,(H,22,24)/b21-13-. The van der Waals surface area contributed by atoms with Crippen molar-refractivity contribution in [3.63, 3.8) is 0 Å². The number of para-hydroxylation sites is 1. The minimum Gasteiger partial charge on any atom is -0.451 e. The summed E-state index contributed by atoms with van der Waals surface area (Å²) in [5.74, 6) is -0.0219. The van der Waals surface area contributed by atoms with Gasteiger partial charge in [-0.2, -0.15) is 5.10 Å². The predicted molar refractivity (Wildman–Crippen MR) is 106 cm³/mol. The lowest BCUT2D eigenvalue weighted by Crippen LogP contribution is -2.28. The molecular formula is C20H21N3O2S. The molecule has 0 bridgehead atoms. The summed E-state index contributed by atoms with van der Waals surface area (Å²) in [6.07, 6.45) is 5.53. The van der Waals surface area contributed by atoms with E-state index in [1.165, 1.54) is 24.3 Å². The van der Waals surface area contributed by atoms with Gasteiger partial charge in [0.2, 0.25) is 0 Å². The number of thiophene rings is 1.